The van der Waals surface area contributed by atoms with Crippen LogP contribution >= 0.6 is 15.9 Å². The molecule has 0 saturated carbocycles. The van der Waals surface area contributed by atoms with Gasteiger partial charge in [0, 0.05) is 22.7 Å². The molecular formula is C20H23BrN2O2. The van der Waals surface area contributed by atoms with Gasteiger partial charge in [-0.3, -0.25) is 4.79 Å². The maximum Gasteiger partial charge on any atom is 0.244 e. The van der Waals surface area contributed by atoms with Gasteiger partial charge in [-0.1, -0.05) is 46.3 Å². The number of benzene rings is 2. The molecule has 0 radical (unpaired) electrons. The summed E-state index contributed by atoms with van der Waals surface area (Å²) >= 11 is 3.43. The van der Waals surface area contributed by atoms with E-state index in [1.807, 2.05) is 50.5 Å². The predicted octanol–water partition coefficient (Wildman–Crippen LogP) is 3.89. The molecule has 0 aliphatic carbocycles. The van der Waals surface area contributed by atoms with Crippen LogP contribution in [-0.4, -0.2) is 38.6 Å². The van der Waals surface area contributed by atoms with Crippen LogP contribution in [0.15, 0.2) is 59.1 Å². The summed E-state index contributed by atoms with van der Waals surface area (Å²) in [6.45, 7) is 0.538. The molecule has 132 valence electrons. The molecule has 0 heterocycles. The highest BCUT2D eigenvalue weighted by molar-refractivity contribution is 9.10. The summed E-state index contributed by atoms with van der Waals surface area (Å²) in [5.41, 5.74) is 2.02. The smallest absolute Gasteiger partial charge is 0.244 e. The van der Waals surface area contributed by atoms with Crippen molar-refractivity contribution in [1.82, 2.24) is 10.2 Å². The fourth-order valence-electron chi connectivity index (χ4n) is 2.53. The number of hydrogen-bond acceptors (Lipinski definition) is 3. The fraction of sp³-hybridized carbons (Fsp3) is 0.250. The van der Waals surface area contributed by atoms with E-state index in [0.29, 0.717) is 6.54 Å². The molecule has 0 aliphatic heterocycles. The van der Waals surface area contributed by atoms with Gasteiger partial charge in [-0.15, -0.1) is 0 Å². The zero-order valence-corrected chi connectivity index (χ0v) is 16.3. The van der Waals surface area contributed by atoms with Gasteiger partial charge in [-0.05, 0) is 43.9 Å². The number of carbonyl (C=O) groups excluding carboxylic acids is 1. The van der Waals surface area contributed by atoms with Gasteiger partial charge in [0.1, 0.15) is 5.75 Å². The Morgan fingerprint density at radius 2 is 1.96 bits per heavy atom. The van der Waals surface area contributed by atoms with Crippen molar-refractivity contribution in [2.75, 3.05) is 27.7 Å². The van der Waals surface area contributed by atoms with Gasteiger partial charge in [0.15, 0.2) is 0 Å². The van der Waals surface area contributed by atoms with Crippen LogP contribution in [-0.2, 0) is 4.79 Å². The van der Waals surface area contributed by atoms with E-state index in [2.05, 4.69) is 38.3 Å². The first-order chi connectivity index (χ1) is 12.0. The Balaban J connectivity index is 2.01. The number of amides is 1. The molecule has 25 heavy (non-hydrogen) atoms. The first-order valence-electron chi connectivity index (χ1n) is 8.02. The van der Waals surface area contributed by atoms with Gasteiger partial charge in [-0.25, -0.2) is 0 Å². The first-order valence-corrected chi connectivity index (χ1v) is 8.81. The highest BCUT2D eigenvalue weighted by Crippen LogP contribution is 2.24. The summed E-state index contributed by atoms with van der Waals surface area (Å²) in [4.78, 5) is 14.3. The van der Waals surface area contributed by atoms with E-state index in [9.17, 15) is 4.79 Å². The topological polar surface area (TPSA) is 41.6 Å². The Hall–Kier alpha value is -2.11. The van der Waals surface area contributed by atoms with E-state index in [0.717, 1.165) is 15.8 Å². The van der Waals surface area contributed by atoms with E-state index in [4.69, 9.17) is 4.74 Å². The molecule has 1 amide bonds. The average Bonchev–Trinajstić information content (AvgIpc) is 2.61. The Morgan fingerprint density at radius 3 is 2.60 bits per heavy atom. The van der Waals surface area contributed by atoms with Crippen LogP contribution in [0.1, 0.15) is 17.2 Å². The van der Waals surface area contributed by atoms with Crippen molar-refractivity contribution in [3.8, 4) is 5.75 Å². The van der Waals surface area contributed by atoms with Gasteiger partial charge >= 0.3 is 0 Å². The minimum Gasteiger partial charge on any atom is -0.496 e. The molecule has 2 aromatic carbocycles. The maximum atomic E-state index is 12.2. The van der Waals surface area contributed by atoms with Crippen LogP contribution in [0.2, 0.25) is 0 Å². The Labute approximate surface area is 157 Å². The third kappa shape index (κ3) is 5.73. The van der Waals surface area contributed by atoms with Gasteiger partial charge in [0.2, 0.25) is 5.91 Å². The molecule has 5 heteroatoms. The van der Waals surface area contributed by atoms with E-state index >= 15 is 0 Å². The van der Waals surface area contributed by atoms with Crippen molar-refractivity contribution in [2.24, 2.45) is 0 Å². The summed E-state index contributed by atoms with van der Waals surface area (Å²) in [6, 6.07) is 15.9. The normalized spacial score (nSPS) is 12.4. The number of carbonyl (C=O) groups is 1. The standard InChI is InChI=1S/C20H23BrN2O2/c1-23(2)18(15-7-5-4-6-8-15)14-22-20(24)12-9-16-13-17(21)10-11-19(16)25-3/h4-13,18H,14H2,1-3H3,(H,22,24)/b12-9+. The molecule has 4 nitrogen and oxygen atoms in total. The summed E-state index contributed by atoms with van der Waals surface area (Å²) in [5.74, 6) is 0.590. The SMILES string of the molecule is COc1ccc(Br)cc1/C=C/C(=O)NCC(c1ccccc1)N(C)C. The average molecular weight is 403 g/mol. The highest BCUT2D eigenvalue weighted by atomic mass is 79.9. The van der Waals surface area contributed by atoms with Crippen LogP contribution in [0.25, 0.3) is 6.08 Å². The van der Waals surface area contributed by atoms with Crippen LogP contribution in [0.5, 0.6) is 5.75 Å². The largest absolute Gasteiger partial charge is 0.496 e. The van der Waals surface area contributed by atoms with Crippen molar-refractivity contribution in [2.45, 2.75) is 6.04 Å². The number of halogens is 1. The third-order valence-corrected chi connectivity index (χ3v) is 4.38. The zero-order chi connectivity index (χ0) is 18.2. The lowest BCUT2D eigenvalue weighted by Crippen LogP contribution is -2.33. The number of nitrogens with one attached hydrogen (secondary N) is 1. The lowest BCUT2D eigenvalue weighted by molar-refractivity contribution is -0.116. The molecular weight excluding hydrogens is 380 g/mol. The molecule has 1 atom stereocenters. The van der Waals surface area contributed by atoms with Crippen LogP contribution in [0.4, 0.5) is 0 Å². The second-order valence-corrected chi connectivity index (χ2v) is 6.77. The number of nitrogens with zero attached hydrogens (tertiary/aromatic N) is 1. The van der Waals surface area contributed by atoms with Crippen molar-refractivity contribution < 1.29 is 9.53 Å². The van der Waals surface area contributed by atoms with E-state index in [1.165, 1.54) is 11.6 Å². The monoisotopic (exact) mass is 402 g/mol. The van der Waals surface area contributed by atoms with Crippen molar-refractivity contribution in [3.63, 3.8) is 0 Å². The number of hydrogen-bond donors (Lipinski definition) is 1. The van der Waals surface area contributed by atoms with E-state index in [-0.39, 0.29) is 11.9 Å². The maximum absolute atomic E-state index is 12.2. The Bertz CT molecular complexity index is 730. The minimum atomic E-state index is -0.134. The molecule has 1 N–H and O–H groups in total. The summed E-state index contributed by atoms with van der Waals surface area (Å²) in [6.07, 6.45) is 3.29. The van der Waals surface area contributed by atoms with Crippen molar-refractivity contribution in [3.05, 3.63) is 70.2 Å². The minimum absolute atomic E-state index is 0.124. The lowest BCUT2D eigenvalue weighted by atomic mass is 10.1. The van der Waals surface area contributed by atoms with E-state index in [1.54, 1.807) is 13.2 Å². The highest BCUT2D eigenvalue weighted by Gasteiger charge is 2.14. The van der Waals surface area contributed by atoms with Gasteiger partial charge in [-0.2, -0.15) is 0 Å². The van der Waals surface area contributed by atoms with Gasteiger partial charge in [0.25, 0.3) is 0 Å². The Kier molecular flexibility index (Phi) is 7.22. The summed E-state index contributed by atoms with van der Waals surface area (Å²) in [7, 11) is 5.63. The molecule has 2 rings (SSSR count). The molecule has 0 aliphatic rings. The van der Waals surface area contributed by atoms with Crippen LogP contribution in [0, 0.1) is 0 Å². The number of rotatable bonds is 7. The molecule has 2 aromatic rings. The summed E-state index contributed by atoms with van der Waals surface area (Å²) < 4.78 is 6.24. The first kappa shape index (κ1) is 19.2. The Morgan fingerprint density at radius 1 is 1.24 bits per heavy atom. The molecule has 1 unspecified atom stereocenters. The lowest BCUT2D eigenvalue weighted by Gasteiger charge is -2.24. The number of ether oxygens (including phenoxy) is 1. The van der Waals surface area contributed by atoms with E-state index < -0.39 is 0 Å². The second kappa shape index (κ2) is 9.39. The quantitative estimate of drug-likeness (QED) is 0.714. The second-order valence-electron chi connectivity index (χ2n) is 5.85. The van der Waals surface area contributed by atoms with Gasteiger partial charge in [0.05, 0.1) is 13.2 Å². The molecule has 0 saturated heterocycles. The number of likely N-dealkylation sites (N-methyl/N-ethyl adjacent to an activating group) is 1. The van der Waals surface area contributed by atoms with Crippen LogP contribution in [0.3, 0.4) is 0 Å². The van der Waals surface area contributed by atoms with Gasteiger partial charge < -0.3 is 15.0 Å². The summed E-state index contributed by atoms with van der Waals surface area (Å²) in [5, 5.41) is 2.96. The fourth-order valence-corrected chi connectivity index (χ4v) is 2.91. The molecule has 0 spiro atoms. The van der Waals surface area contributed by atoms with Crippen LogP contribution < -0.4 is 10.1 Å². The predicted molar refractivity (Wildman–Crippen MR) is 106 cm³/mol. The molecule has 0 bridgehead atoms. The van der Waals surface area contributed by atoms with Crippen molar-refractivity contribution in [1.29, 1.82) is 0 Å². The molecule has 0 aromatic heterocycles. The third-order valence-electron chi connectivity index (χ3n) is 3.88. The zero-order valence-electron chi connectivity index (χ0n) is 14.7. The number of methoxy groups -OCH3 is 1. The van der Waals surface area contributed by atoms with Crippen molar-refractivity contribution >= 4 is 27.9 Å². The molecule has 0 fully saturated rings.